The Hall–Kier alpha value is -0.550. The van der Waals surface area contributed by atoms with Crippen LogP contribution >= 0.6 is 0 Å². The van der Waals surface area contributed by atoms with Gasteiger partial charge in [-0.25, -0.2) is 0 Å². The standard InChI is InChI=1S/C19H33NO/c1-16(2,3)15-8-12-18(14-20,13-9-15)19(21)11-7-6-10-17(19,4)5/h15,21H,6-13H2,1-5H3. The van der Waals surface area contributed by atoms with E-state index in [2.05, 4.69) is 40.7 Å². The number of hydrogen-bond donors (Lipinski definition) is 1. The van der Waals surface area contributed by atoms with Crippen LogP contribution in [0.3, 0.4) is 0 Å². The molecule has 120 valence electrons. The quantitative estimate of drug-likeness (QED) is 0.733. The van der Waals surface area contributed by atoms with E-state index in [0.717, 1.165) is 44.9 Å². The van der Waals surface area contributed by atoms with Crippen molar-refractivity contribution >= 4 is 0 Å². The van der Waals surface area contributed by atoms with Crippen LogP contribution in [0.5, 0.6) is 0 Å². The predicted molar refractivity (Wildman–Crippen MR) is 86.7 cm³/mol. The molecule has 1 unspecified atom stereocenters. The van der Waals surface area contributed by atoms with Gasteiger partial charge in [-0.15, -0.1) is 0 Å². The molecular formula is C19H33NO. The van der Waals surface area contributed by atoms with E-state index in [0.29, 0.717) is 11.3 Å². The summed E-state index contributed by atoms with van der Waals surface area (Å²) in [6, 6.07) is 2.61. The fourth-order valence-electron chi connectivity index (χ4n) is 4.97. The van der Waals surface area contributed by atoms with Crippen molar-refractivity contribution in [1.29, 1.82) is 5.26 Å². The molecule has 0 aromatic rings. The Kier molecular flexibility index (Phi) is 4.22. The van der Waals surface area contributed by atoms with E-state index in [-0.39, 0.29) is 5.41 Å². The molecule has 2 fully saturated rings. The summed E-state index contributed by atoms with van der Waals surface area (Å²) in [4.78, 5) is 0. The third-order valence-electron chi connectivity index (χ3n) is 6.78. The highest BCUT2D eigenvalue weighted by atomic mass is 16.3. The van der Waals surface area contributed by atoms with Gasteiger partial charge in [0.25, 0.3) is 0 Å². The minimum atomic E-state index is -0.810. The van der Waals surface area contributed by atoms with Crippen LogP contribution in [0, 0.1) is 33.5 Å². The number of rotatable bonds is 1. The minimum Gasteiger partial charge on any atom is -0.388 e. The molecule has 0 aliphatic heterocycles. The summed E-state index contributed by atoms with van der Waals surface area (Å²) < 4.78 is 0. The third-order valence-corrected chi connectivity index (χ3v) is 6.78. The normalized spacial score (nSPS) is 40.5. The molecule has 0 spiro atoms. The van der Waals surface area contributed by atoms with Crippen LogP contribution in [0.15, 0.2) is 0 Å². The highest BCUT2D eigenvalue weighted by Gasteiger charge is 2.60. The van der Waals surface area contributed by atoms with Crippen molar-refractivity contribution in [1.82, 2.24) is 0 Å². The van der Waals surface area contributed by atoms with Crippen LogP contribution in [-0.2, 0) is 0 Å². The average Bonchev–Trinajstić information content (AvgIpc) is 2.41. The molecule has 2 heteroatoms. The molecule has 0 aromatic heterocycles. The van der Waals surface area contributed by atoms with Gasteiger partial charge in [0.15, 0.2) is 0 Å². The van der Waals surface area contributed by atoms with E-state index < -0.39 is 11.0 Å². The van der Waals surface area contributed by atoms with Gasteiger partial charge in [0.05, 0.1) is 17.1 Å². The van der Waals surface area contributed by atoms with Crippen molar-refractivity contribution in [3.05, 3.63) is 0 Å². The van der Waals surface area contributed by atoms with E-state index in [4.69, 9.17) is 0 Å². The molecule has 0 amide bonds. The zero-order chi connectivity index (χ0) is 15.9. The summed E-state index contributed by atoms with van der Waals surface area (Å²) in [5.41, 5.74) is -1.17. The lowest BCUT2D eigenvalue weighted by Gasteiger charge is -2.57. The number of nitriles is 1. The molecule has 0 aromatic carbocycles. The first-order chi connectivity index (χ1) is 9.58. The predicted octanol–water partition coefficient (Wildman–Crippen LogP) is 5.06. The van der Waals surface area contributed by atoms with Crippen LogP contribution < -0.4 is 0 Å². The minimum absolute atomic E-state index is 0.143. The lowest BCUT2D eigenvalue weighted by Crippen LogP contribution is -2.60. The second kappa shape index (κ2) is 5.27. The van der Waals surface area contributed by atoms with Gasteiger partial charge in [-0.05, 0) is 55.3 Å². The van der Waals surface area contributed by atoms with E-state index in [1.54, 1.807) is 0 Å². The lowest BCUT2D eigenvalue weighted by molar-refractivity contribution is -0.178. The first kappa shape index (κ1) is 16.8. The number of hydrogen-bond acceptors (Lipinski definition) is 2. The third kappa shape index (κ3) is 2.63. The Morgan fingerprint density at radius 3 is 1.95 bits per heavy atom. The Balaban J connectivity index is 2.26. The first-order valence-electron chi connectivity index (χ1n) is 8.72. The molecular weight excluding hydrogens is 258 g/mol. The molecule has 0 bridgehead atoms. The number of aliphatic hydroxyl groups is 1. The molecule has 2 aliphatic carbocycles. The van der Waals surface area contributed by atoms with Gasteiger partial charge in [0.2, 0.25) is 0 Å². The van der Waals surface area contributed by atoms with E-state index in [9.17, 15) is 10.4 Å². The van der Waals surface area contributed by atoms with Gasteiger partial charge < -0.3 is 5.11 Å². The molecule has 1 atom stereocenters. The summed E-state index contributed by atoms with van der Waals surface area (Å²) in [6.45, 7) is 11.2. The maximum absolute atomic E-state index is 11.5. The lowest BCUT2D eigenvalue weighted by atomic mass is 9.49. The molecule has 2 nitrogen and oxygen atoms in total. The fourth-order valence-corrected chi connectivity index (χ4v) is 4.97. The van der Waals surface area contributed by atoms with Crippen LogP contribution in [0.2, 0.25) is 0 Å². The average molecular weight is 291 g/mol. The summed E-state index contributed by atoms with van der Waals surface area (Å²) in [7, 11) is 0. The van der Waals surface area contributed by atoms with Gasteiger partial charge in [-0.2, -0.15) is 5.26 Å². The summed E-state index contributed by atoms with van der Waals surface area (Å²) in [5.74, 6) is 0.675. The number of nitrogens with zero attached hydrogens (tertiary/aromatic N) is 1. The van der Waals surface area contributed by atoms with Crippen molar-refractivity contribution < 1.29 is 5.11 Å². The molecule has 2 saturated carbocycles. The fraction of sp³-hybridized carbons (Fsp3) is 0.947. The highest BCUT2D eigenvalue weighted by Crippen LogP contribution is 2.59. The summed E-state index contributed by atoms with van der Waals surface area (Å²) in [5, 5.41) is 21.5. The molecule has 2 rings (SSSR count). The van der Waals surface area contributed by atoms with Crippen molar-refractivity contribution in [3.8, 4) is 6.07 Å². The van der Waals surface area contributed by atoms with Crippen molar-refractivity contribution in [2.24, 2.45) is 22.2 Å². The zero-order valence-corrected chi connectivity index (χ0v) is 14.6. The van der Waals surface area contributed by atoms with Crippen LogP contribution in [0.1, 0.15) is 86.0 Å². The highest BCUT2D eigenvalue weighted by molar-refractivity contribution is 5.18. The Morgan fingerprint density at radius 1 is 1.00 bits per heavy atom. The second-order valence-electron chi connectivity index (χ2n) is 9.29. The SMILES string of the molecule is CC(C)(C)C1CCC(C#N)(C2(O)CCCCC2(C)C)CC1. The molecule has 1 N–H and O–H groups in total. The summed E-state index contributed by atoms with van der Waals surface area (Å²) in [6.07, 6.45) is 7.97. The first-order valence-corrected chi connectivity index (χ1v) is 8.72. The Morgan fingerprint density at radius 2 is 1.52 bits per heavy atom. The molecule has 0 heterocycles. The van der Waals surface area contributed by atoms with Gasteiger partial charge in [0.1, 0.15) is 0 Å². The van der Waals surface area contributed by atoms with Crippen LogP contribution in [0.25, 0.3) is 0 Å². The van der Waals surface area contributed by atoms with E-state index in [1.807, 2.05) is 0 Å². The van der Waals surface area contributed by atoms with Gasteiger partial charge in [-0.1, -0.05) is 47.5 Å². The van der Waals surface area contributed by atoms with Crippen molar-refractivity contribution in [2.75, 3.05) is 0 Å². The van der Waals surface area contributed by atoms with Gasteiger partial charge >= 0.3 is 0 Å². The Labute approximate surface area is 130 Å². The second-order valence-corrected chi connectivity index (χ2v) is 9.29. The van der Waals surface area contributed by atoms with Crippen LogP contribution in [0.4, 0.5) is 0 Å². The monoisotopic (exact) mass is 291 g/mol. The van der Waals surface area contributed by atoms with E-state index >= 15 is 0 Å². The molecule has 0 saturated heterocycles. The van der Waals surface area contributed by atoms with Gasteiger partial charge in [0, 0.05) is 0 Å². The smallest absolute Gasteiger partial charge is 0.0883 e. The zero-order valence-electron chi connectivity index (χ0n) is 14.6. The Bertz CT molecular complexity index is 418. The largest absolute Gasteiger partial charge is 0.388 e. The molecule has 0 radical (unpaired) electrons. The topological polar surface area (TPSA) is 44.0 Å². The van der Waals surface area contributed by atoms with E-state index in [1.165, 1.54) is 6.42 Å². The molecule has 21 heavy (non-hydrogen) atoms. The maximum atomic E-state index is 11.5. The van der Waals surface area contributed by atoms with Crippen LogP contribution in [-0.4, -0.2) is 10.7 Å². The van der Waals surface area contributed by atoms with Gasteiger partial charge in [-0.3, -0.25) is 0 Å². The summed E-state index contributed by atoms with van der Waals surface area (Å²) >= 11 is 0. The van der Waals surface area contributed by atoms with Crippen molar-refractivity contribution in [2.45, 2.75) is 91.6 Å². The molecule has 2 aliphatic rings. The van der Waals surface area contributed by atoms with Crippen molar-refractivity contribution in [3.63, 3.8) is 0 Å². The maximum Gasteiger partial charge on any atom is 0.0883 e.